The van der Waals surface area contributed by atoms with Gasteiger partial charge in [0.05, 0.1) is 16.5 Å². The second-order valence-electron chi connectivity index (χ2n) is 7.51. The second kappa shape index (κ2) is 11.0. The molecule has 10 heteroatoms. The van der Waals surface area contributed by atoms with Crippen LogP contribution in [0.25, 0.3) is 0 Å². The van der Waals surface area contributed by atoms with Gasteiger partial charge in [-0.05, 0) is 38.6 Å². The molecule has 0 aromatic heterocycles. The number of carbonyl (C=O) groups is 3. The lowest BCUT2D eigenvalue weighted by Crippen LogP contribution is -2.66. The Labute approximate surface area is 184 Å². The Morgan fingerprint density at radius 3 is 2.68 bits per heavy atom. The summed E-state index contributed by atoms with van der Waals surface area (Å²) in [6.07, 6.45) is 5.29. The van der Waals surface area contributed by atoms with E-state index in [1.165, 1.54) is 0 Å². The van der Waals surface area contributed by atoms with Crippen LogP contribution in [0.5, 0.6) is 0 Å². The number of ketones is 1. The number of rotatable bonds is 13. The number of thioether (sulfide) groups is 1. The van der Waals surface area contributed by atoms with E-state index in [-0.39, 0.29) is 40.0 Å². The molecular weight excluding hydrogens is 495 g/mol. The normalized spacial score (nSPS) is 26.0. The maximum absolute atomic E-state index is 12.8. The lowest BCUT2D eigenvalue weighted by atomic mass is 9.92. The number of urea groups is 1. The molecule has 0 aromatic rings. The van der Waals surface area contributed by atoms with E-state index in [4.69, 9.17) is 16.6 Å². The zero-order chi connectivity index (χ0) is 20.7. The summed E-state index contributed by atoms with van der Waals surface area (Å²) in [6, 6.07) is -0.407. The number of carboxylic acids is 1. The van der Waals surface area contributed by atoms with Crippen LogP contribution < -0.4 is 16.8 Å². The number of hydrogen-bond acceptors (Lipinski definition) is 6. The fraction of sp³-hybridized carbons (Fsp3) is 0.833. The van der Waals surface area contributed by atoms with Gasteiger partial charge >= 0.3 is 12.0 Å². The summed E-state index contributed by atoms with van der Waals surface area (Å²) in [5.41, 5.74) is 10.9. The van der Waals surface area contributed by atoms with Crippen molar-refractivity contribution in [1.29, 1.82) is 0 Å². The highest BCUT2D eigenvalue weighted by Gasteiger charge is 2.56. The first kappa shape index (κ1) is 23.7. The van der Waals surface area contributed by atoms with Crippen LogP contribution in [0.2, 0.25) is 0 Å². The van der Waals surface area contributed by atoms with Gasteiger partial charge < -0.3 is 21.9 Å². The molecule has 1 unspecified atom stereocenters. The number of carbonyl (C=O) groups excluding carboxylic acids is 2. The first-order valence-corrected chi connectivity index (χ1v) is 12.4. The second-order valence-corrected chi connectivity index (χ2v) is 9.54. The highest BCUT2D eigenvalue weighted by atomic mass is 127. The number of carboxylic acid groups (broad SMARTS) is 1. The van der Waals surface area contributed by atoms with Gasteiger partial charge in [-0.25, -0.2) is 4.79 Å². The molecule has 2 saturated heterocycles. The maximum atomic E-state index is 12.8. The van der Waals surface area contributed by atoms with Crippen molar-refractivity contribution in [2.75, 3.05) is 16.7 Å². The third-order valence-electron chi connectivity index (χ3n) is 5.53. The molecule has 0 aliphatic carbocycles. The van der Waals surface area contributed by atoms with Gasteiger partial charge in [0.15, 0.2) is 11.4 Å². The molecule has 0 saturated carbocycles. The summed E-state index contributed by atoms with van der Waals surface area (Å²) in [5.74, 6) is -0.126. The number of hydrogen-bond donors (Lipinski definition) is 4. The van der Waals surface area contributed by atoms with Crippen molar-refractivity contribution < 1.29 is 19.5 Å². The predicted molar refractivity (Wildman–Crippen MR) is 119 cm³/mol. The smallest absolute Gasteiger partial charge is 0.319 e. The molecule has 0 aromatic carbocycles. The lowest BCUT2D eigenvalue weighted by molar-refractivity contribution is -0.137. The standard InChI is InChI=1S/C18H31IN4O4S/c19-10-14(24)18(21,8-4-1-5-9-20)23-16-12(22-17(23)27)11-28-13(16)6-2-3-7-15(25)26/h12-13,16H,1-11,20-21H2,(H,22,27)(H,25,26)/t12-,13-,16-,18?/m0/s1. The third kappa shape index (κ3) is 5.51. The zero-order valence-corrected chi connectivity index (χ0v) is 19.0. The van der Waals surface area contributed by atoms with Gasteiger partial charge in [0.1, 0.15) is 0 Å². The molecule has 2 heterocycles. The van der Waals surface area contributed by atoms with E-state index in [1.54, 1.807) is 16.7 Å². The van der Waals surface area contributed by atoms with E-state index in [0.717, 1.165) is 37.9 Å². The molecule has 28 heavy (non-hydrogen) atoms. The monoisotopic (exact) mass is 526 g/mol. The van der Waals surface area contributed by atoms with Gasteiger partial charge in [-0.3, -0.25) is 14.5 Å². The highest BCUT2D eigenvalue weighted by molar-refractivity contribution is 14.1. The molecule has 0 bridgehead atoms. The average molecular weight is 526 g/mol. The van der Waals surface area contributed by atoms with Crippen molar-refractivity contribution in [2.24, 2.45) is 11.5 Å². The number of amides is 2. The Hall–Kier alpha value is -0.590. The highest BCUT2D eigenvalue weighted by Crippen LogP contribution is 2.41. The Kier molecular flexibility index (Phi) is 9.29. The molecule has 2 fully saturated rings. The summed E-state index contributed by atoms with van der Waals surface area (Å²) in [4.78, 5) is 37.9. The number of halogens is 1. The Morgan fingerprint density at radius 1 is 1.29 bits per heavy atom. The van der Waals surface area contributed by atoms with Crippen molar-refractivity contribution in [2.45, 2.75) is 74.4 Å². The molecule has 160 valence electrons. The Balaban J connectivity index is 2.12. The summed E-state index contributed by atoms with van der Waals surface area (Å²) >= 11 is 3.79. The first-order valence-electron chi connectivity index (χ1n) is 9.86. The lowest BCUT2D eigenvalue weighted by Gasteiger charge is -2.41. The van der Waals surface area contributed by atoms with E-state index in [0.29, 0.717) is 19.4 Å². The molecule has 2 aliphatic rings. The number of Topliss-reactive ketones (excluding diaryl/α,β-unsaturated/α-hetero) is 1. The van der Waals surface area contributed by atoms with E-state index in [1.807, 2.05) is 22.6 Å². The van der Waals surface area contributed by atoms with E-state index >= 15 is 0 Å². The molecule has 8 nitrogen and oxygen atoms in total. The topological polar surface area (TPSA) is 139 Å². The number of alkyl halides is 1. The predicted octanol–water partition coefficient (Wildman–Crippen LogP) is 1.69. The zero-order valence-electron chi connectivity index (χ0n) is 16.1. The largest absolute Gasteiger partial charge is 0.481 e. The SMILES string of the molecule is NCCCCCC(N)(C(=O)CI)N1C(=O)N[C@H]2CS[C@@H](CCCCC(=O)O)[C@H]21. The number of nitrogens with two attached hydrogens (primary N) is 2. The minimum atomic E-state index is -1.30. The summed E-state index contributed by atoms with van der Waals surface area (Å²) in [6.45, 7) is 0.599. The van der Waals surface area contributed by atoms with Gasteiger partial charge in [-0.1, -0.05) is 35.4 Å². The van der Waals surface area contributed by atoms with E-state index in [2.05, 4.69) is 5.32 Å². The number of nitrogens with zero attached hydrogens (tertiary/aromatic N) is 1. The number of aliphatic carboxylic acids is 1. The fourth-order valence-electron chi connectivity index (χ4n) is 4.07. The molecular formula is C18H31IN4O4S. The molecule has 2 amide bonds. The van der Waals surface area contributed by atoms with Crippen molar-refractivity contribution in [1.82, 2.24) is 10.2 Å². The van der Waals surface area contributed by atoms with Gasteiger partial charge in [-0.15, -0.1) is 0 Å². The van der Waals surface area contributed by atoms with Crippen LogP contribution in [-0.4, -0.2) is 67.5 Å². The van der Waals surface area contributed by atoms with E-state index < -0.39 is 11.6 Å². The molecule has 4 atom stereocenters. The molecule has 6 N–H and O–H groups in total. The minimum absolute atomic E-state index is 0.0176. The number of nitrogens with one attached hydrogen (secondary N) is 1. The summed E-state index contributed by atoms with van der Waals surface area (Å²) in [7, 11) is 0. The van der Waals surface area contributed by atoms with Crippen LogP contribution in [0, 0.1) is 0 Å². The van der Waals surface area contributed by atoms with Crippen molar-refractivity contribution in [3.63, 3.8) is 0 Å². The van der Waals surface area contributed by atoms with Crippen LogP contribution >= 0.6 is 34.4 Å². The Morgan fingerprint density at radius 2 is 2.04 bits per heavy atom. The average Bonchev–Trinajstić information content (AvgIpc) is 3.19. The first-order chi connectivity index (χ1) is 13.3. The number of fused-ring (bicyclic) bond motifs is 1. The fourth-order valence-corrected chi connectivity index (χ4v) is 6.31. The van der Waals surface area contributed by atoms with Gasteiger partial charge in [0.2, 0.25) is 0 Å². The molecule has 0 radical (unpaired) electrons. The third-order valence-corrected chi connectivity index (χ3v) is 7.72. The molecule has 2 rings (SSSR count). The summed E-state index contributed by atoms with van der Waals surface area (Å²) < 4.78 is 0.253. The molecule has 0 spiro atoms. The van der Waals surface area contributed by atoms with E-state index in [9.17, 15) is 14.4 Å². The molecule has 2 aliphatic heterocycles. The van der Waals surface area contributed by atoms with Crippen molar-refractivity contribution in [3.8, 4) is 0 Å². The van der Waals surface area contributed by atoms with Crippen LogP contribution in [0.15, 0.2) is 0 Å². The van der Waals surface area contributed by atoms with Crippen molar-refractivity contribution in [3.05, 3.63) is 0 Å². The van der Waals surface area contributed by atoms with Crippen molar-refractivity contribution >= 4 is 52.1 Å². The van der Waals surface area contributed by atoms with Crippen LogP contribution in [0.4, 0.5) is 4.79 Å². The number of unbranched alkanes of at least 4 members (excludes halogenated alkanes) is 3. The van der Waals surface area contributed by atoms with Crippen LogP contribution in [0.3, 0.4) is 0 Å². The van der Waals surface area contributed by atoms with Gasteiger partial charge in [0.25, 0.3) is 0 Å². The maximum Gasteiger partial charge on any atom is 0.319 e. The minimum Gasteiger partial charge on any atom is -0.481 e. The van der Waals surface area contributed by atoms with Crippen LogP contribution in [-0.2, 0) is 9.59 Å². The van der Waals surface area contributed by atoms with Gasteiger partial charge in [-0.2, -0.15) is 11.8 Å². The quantitative estimate of drug-likeness (QED) is 0.124. The summed E-state index contributed by atoms with van der Waals surface area (Å²) in [5, 5.41) is 12.0. The van der Waals surface area contributed by atoms with Gasteiger partial charge in [0, 0.05) is 17.4 Å². The van der Waals surface area contributed by atoms with Crippen LogP contribution in [0.1, 0.15) is 51.4 Å². The Bertz CT molecular complexity index is 582.